The van der Waals surface area contributed by atoms with Gasteiger partial charge in [0.1, 0.15) is 0 Å². The zero-order valence-electron chi connectivity index (χ0n) is 12.3. The lowest BCUT2D eigenvalue weighted by Crippen LogP contribution is -2.17. The number of nitrogens with one attached hydrogen (secondary N) is 2. The van der Waals surface area contributed by atoms with Crippen LogP contribution in [0.5, 0.6) is 0 Å². The summed E-state index contributed by atoms with van der Waals surface area (Å²) in [7, 11) is -3.36. The van der Waals surface area contributed by atoms with Crippen molar-refractivity contribution in [2.45, 2.75) is 20.3 Å². The molecule has 22 heavy (non-hydrogen) atoms. The number of hydrogen-bond acceptors (Lipinski definition) is 5. The van der Waals surface area contributed by atoms with Crippen LogP contribution in [0.2, 0.25) is 5.02 Å². The van der Waals surface area contributed by atoms with Gasteiger partial charge in [-0.15, -0.1) is 10.2 Å². The molecular formula is C14H17ClN4O2S. The second-order valence-electron chi connectivity index (χ2n) is 4.81. The van der Waals surface area contributed by atoms with Crippen LogP contribution in [0.1, 0.15) is 18.9 Å². The van der Waals surface area contributed by atoms with Crippen molar-refractivity contribution in [2.75, 3.05) is 15.8 Å². The second kappa shape index (κ2) is 6.93. The molecular weight excluding hydrogens is 324 g/mol. The van der Waals surface area contributed by atoms with E-state index in [-0.39, 0.29) is 11.6 Å². The zero-order chi connectivity index (χ0) is 16.2. The highest BCUT2D eigenvalue weighted by Gasteiger charge is 2.10. The van der Waals surface area contributed by atoms with Crippen molar-refractivity contribution >= 4 is 38.9 Å². The maximum atomic E-state index is 11.6. The Hall–Kier alpha value is -1.86. The van der Waals surface area contributed by atoms with E-state index < -0.39 is 10.0 Å². The van der Waals surface area contributed by atoms with Gasteiger partial charge in [0.25, 0.3) is 0 Å². The minimum Gasteiger partial charge on any atom is -0.339 e. The molecule has 0 unspecified atom stereocenters. The summed E-state index contributed by atoms with van der Waals surface area (Å²) in [5.74, 6) is 0.746. The number of sulfonamides is 1. The minimum atomic E-state index is -3.36. The van der Waals surface area contributed by atoms with Crippen molar-refractivity contribution in [1.29, 1.82) is 0 Å². The summed E-state index contributed by atoms with van der Waals surface area (Å²) >= 11 is 6.05. The number of aryl methyl sites for hydroxylation is 1. The molecule has 8 heteroatoms. The molecule has 0 amide bonds. The summed E-state index contributed by atoms with van der Waals surface area (Å²) in [5.41, 5.74) is 1.77. The topological polar surface area (TPSA) is 84.0 Å². The largest absolute Gasteiger partial charge is 0.339 e. The van der Waals surface area contributed by atoms with Gasteiger partial charge in [-0.3, -0.25) is 4.72 Å². The highest BCUT2D eigenvalue weighted by atomic mass is 35.5. The van der Waals surface area contributed by atoms with Crippen LogP contribution < -0.4 is 10.0 Å². The van der Waals surface area contributed by atoms with E-state index in [9.17, 15) is 8.42 Å². The smallest absolute Gasteiger partial charge is 0.233 e. The summed E-state index contributed by atoms with van der Waals surface area (Å²) in [5, 5.41) is 11.5. The summed E-state index contributed by atoms with van der Waals surface area (Å²) in [6.07, 6.45) is 0.538. The standard InChI is InChI=1S/C14H17ClN4O2S/c1-3-8-22(20,21)19-14-7-6-13(17-18-14)16-11-5-4-10(2)12(15)9-11/h4-7,9H,3,8H2,1-2H3,(H,16,17)(H,18,19). The van der Waals surface area contributed by atoms with Crippen LogP contribution in [-0.2, 0) is 10.0 Å². The molecule has 0 aliphatic rings. The van der Waals surface area contributed by atoms with Crippen molar-refractivity contribution < 1.29 is 8.42 Å². The van der Waals surface area contributed by atoms with Crippen molar-refractivity contribution in [1.82, 2.24) is 10.2 Å². The summed E-state index contributed by atoms with van der Waals surface area (Å²) in [6.45, 7) is 3.72. The first-order chi connectivity index (χ1) is 10.4. The van der Waals surface area contributed by atoms with E-state index >= 15 is 0 Å². The Balaban J connectivity index is 2.07. The molecule has 0 saturated heterocycles. The number of aromatic nitrogens is 2. The van der Waals surface area contributed by atoms with Gasteiger partial charge in [-0.05, 0) is 43.2 Å². The average Bonchev–Trinajstić information content (AvgIpc) is 2.44. The van der Waals surface area contributed by atoms with Gasteiger partial charge in [-0.25, -0.2) is 8.42 Å². The lowest BCUT2D eigenvalue weighted by molar-refractivity contribution is 0.599. The fourth-order valence-corrected chi connectivity index (χ4v) is 3.00. The Morgan fingerprint density at radius 3 is 2.41 bits per heavy atom. The van der Waals surface area contributed by atoms with E-state index in [2.05, 4.69) is 20.2 Å². The van der Waals surface area contributed by atoms with Gasteiger partial charge >= 0.3 is 0 Å². The Morgan fingerprint density at radius 2 is 1.82 bits per heavy atom. The molecule has 6 nitrogen and oxygen atoms in total. The summed E-state index contributed by atoms with van der Waals surface area (Å²) in [4.78, 5) is 0. The molecule has 0 radical (unpaired) electrons. The van der Waals surface area contributed by atoms with Crippen molar-refractivity contribution in [2.24, 2.45) is 0 Å². The lowest BCUT2D eigenvalue weighted by atomic mass is 10.2. The highest BCUT2D eigenvalue weighted by Crippen LogP contribution is 2.22. The van der Waals surface area contributed by atoms with Gasteiger partial charge in [0.2, 0.25) is 10.0 Å². The predicted octanol–water partition coefficient (Wildman–Crippen LogP) is 3.33. The quantitative estimate of drug-likeness (QED) is 0.842. The number of benzene rings is 1. The Morgan fingerprint density at radius 1 is 1.14 bits per heavy atom. The van der Waals surface area contributed by atoms with E-state index in [1.807, 2.05) is 19.1 Å². The zero-order valence-corrected chi connectivity index (χ0v) is 13.9. The fourth-order valence-electron chi connectivity index (χ4n) is 1.75. The van der Waals surface area contributed by atoms with Gasteiger partial charge < -0.3 is 5.32 Å². The summed E-state index contributed by atoms with van der Waals surface area (Å²) in [6, 6.07) is 8.76. The van der Waals surface area contributed by atoms with Gasteiger partial charge in [0.15, 0.2) is 11.6 Å². The van der Waals surface area contributed by atoms with Crippen LogP contribution in [0.3, 0.4) is 0 Å². The molecule has 1 aromatic carbocycles. The molecule has 0 spiro atoms. The molecule has 118 valence electrons. The van der Waals surface area contributed by atoms with E-state index in [1.54, 1.807) is 25.1 Å². The lowest BCUT2D eigenvalue weighted by Gasteiger charge is -2.08. The molecule has 0 saturated carbocycles. The molecule has 0 aliphatic carbocycles. The van der Waals surface area contributed by atoms with E-state index in [0.717, 1.165) is 11.3 Å². The van der Waals surface area contributed by atoms with Crippen LogP contribution in [0.15, 0.2) is 30.3 Å². The molecule has 2 aromatic rings. The van der Waals surface area contributed by atoms with Crippen molar-refractivity contribution in [3.05, 3.63) is 40.9 Å². The third kappa shape index (κ3) is 4.57. The number of anilines is 3. The molecule has 2 rings (SSSR count). The molecule has 0 fully saturated rings. The number of nitrogens with zero attached hydrogens (tertiary/aromatic N) is 2. The van der Waals surface area contributed by atoms with Crippen LogP contribution in [-0.4, -0.2) is 24.4 Å². The molecule has 0 aliphatic heterocycles. The van der Waals surface area contributed by atoms with Crippen LogP contribution in [0, 0.1) is 6.92 Å². The third-order valence-corrected chi connectivity index (χ3v) is 4.71. The Bertz CT molecular complexity index is 748. The van der Waals surface area contributed by atoms with Crippen molar-refractivity contribution in [3.63, 3.8) is 0 Å². The van der Waals surface area contributed by atoms with Crippen molar-refractivity contribution in [3.8, 4) is 0 Å². The minimum absolute atomic E-state index is 0.0521. The van der Waals surface area contributed by atoms with Crippen LogP contribution in [0.25, 0.3) is 0 Å². The average molecular weight is 341 g/mol. The van der Waals surface area contributed by atoms with Crippen LogP contribution in [0.4, 0.5) is 17.3 Å². The summed E-state index contributed by atoms with van der Waals surface area (Å²) < 4.78 is 25.6. The molecule has 0 atom stereocenters. The molecule has 2 N–H and O–H groups in total. The first-order valence-corrected chi connectivity index (χ1v) is 8.80. The first-order valence-electron chi connectivity index (χ1n) is 6.77. The second-order valence-corrected chi connectivity index (χ2v) is 7.06. The van der Waals surface area contributed by atoms with E-state index in [4.69, 9.17) is 11.6 Å². The molecule has 1 heterocycles. The molecule has 1 aromatic heterocycles. The Labute approximate surface area is 135 Å². The SMILES string of the molecule is CCCS(=O)(=O)Nc1ccc(Nc2ccc(C)c(Cl)c2)nn1. The van der Waals surface area contributed by atoms with E-state index in [0.29, 0.717) is 17.3 Å². The maximum absolute atomic E-state index is 11.6. The molecule has 0 bridgehead atoms. The number of hydrogen-bond donors (Lipinski definition) is 2. The fraction of sp³-hybridized carbons (Fsp3) is 0.286. The monoisotopic (exact) mass is 340 g/mol. The van der Waals surface area contributed by atoms with Gasteiger partial charge in [0.05, 0.1) is 5.75 Å². The highest BCUT2D eigenvalue weighted by molar-refractivity contribution is 7.92. The predicted molar refractivity (Wildman–Crippen MR) is 89.2 cm³/mol. The third-order valence-electron chi connectivity index (χ3n) is 2.84. The van der Waals surface area contributed by atoms with E-state index in [1.165, 1.54) is 0 Å². The number of halogens is 1. The van der Waals surface area contributed by atoms with Crippen LogP contribution >= 0.6 is 11.6 Å². The number of rotatable bonds is 6. The normalized spacial score (nSPS) is 11.2. The van der Waals surface area contributed by atoms with Gasteiger partial charge in [-0.1, -0.05) is 24.6 Å². The first kappa shape index (κ1) is 16.5. The maximum Gasteiger partial charge on any atom is 0.233 e. The Kier molecular flexibility index (Phi) is 5.20. The van der Waals surface area contributed by atoms with Gasteiger partial charge in [0, 0.05) is 10.7 Å². The van der Waals surface area contributed by atoms with Gasteiger partial charge in [-0.2, -0.15) is 0 Å².